The number of benzene rings is 1. The second kappa shape index (κ2) is 7.50. The van der Waals surface area contributed by atoms with Crippen LogP contribution < -0.4 is 5.73 Å². The number of nitrogen functional groups attached to an aromatic ring is 1. The van der Waals surface area contributed by atoms with Crippen LogP contribution in [0.25, 0.3) is 0 Å². The maximum atomic E-state index is 12.8. The Hall–Kier alpha value is -1.64. The fourth-order valence-corrected chi connectivity index (χ4v) is 4.57. The summed E-state index contributed by atoms with van der Waals surface area (Å²) in [4.78, 5) is 26.8. The first-order valence-electron chi connectivity index (χ1n) is 7.41. The molecule has 0 aliphatic carbocycles. The Morgan fingerprint density at radius 2 is 2.04 bits per heavy atom. The van der Waals surface area contributed by atoms with Crippen LogP contribution in [0.5, 0.6) is 0 Å². The van der Waals surface area contributed by atoms with E-state index in [1.165, 1.54) is 28.0 Å². The first-order valence-corrected chi connectivity index (χ1v) is 9.49. The van der Waals surface area contributed by atoms with Crippen LogP contribution in [-0.4, -0.2) is 38.7 Å². The lowest BCUT2D eigenvalue weighted by molar-refractivity contribution is -0.127. The van der Waals surface area contributed by atoms with Crippen LogP contribution in [0, 0.1) is 0 Å². The number of carbonyl (C=O) groups is 2. The largest absolute Gasteiger partial charge is 0.374 e. The van der Waals surface area contributed by atoms with E-state index in [0.29, 0.717) is 33.0 Å². The molecule has 1 atom stereocenters. The molecule has 0 bridgehead atoms. The number of nitrogens with two attached hydrogens (primary N) is 1. The monoisotopic (exact) mass is 382 g/mol. The van der Waals surface area contributed by atoms with Gasteiger partial charge in [-0.25, -0.2) is 0 Å². The molecule has 126 valence electrons. The molecule has 3 rings (SSSR count). The zero-order valence-electron chi connectivity index (χ0n) is 12.6. The number of aromatic nitrogens is 2. The van der Waals surface area contributed by atoms with Gasteiger partial charge in [-0.3, -0.25) is 14.5 Å². The molecule has 1 aromatic heterocycles. The summed E-state index contributed by atoms with van der Waals surface area (Å²) >= 11 is 8.43. The van der Waals surface area contributed by atoms with Gasteiger partial charge >= 0.3 is 0 Å². The smallest absolute Gasteiger partial charge is 0.260 e. The molecule has 24 heavy (non-hydrogen) atoms. The Labute approximate surface area is 152 Å². The van der Waals surface area contributed by atoms with Crippen molar-refractivity contribution < 1.29 is 9.59 Å². The minimum Gasteiger partial charge on any atom is -0.374 e. The fourth-order valence-electron chi connectivity index (χ4n) is 2.46. The van der Waals surface area contributed by atoms with Crippen molar-refractivity contribution in [3.05, 3.63) is 34.9 Å². The molecule has 2 heterocycles. The Morgan fingerprint density at radius 1 is 1.29 bits per heavy atom. The van der Waals surface area contributed by atoms with E-state index in [-0.39, 0.29) is 17.1 Å². The highest BCUT2D eigenvalue weighted by Crippen LogP contribution is 2.33. The molecule has 6 nitrogen and oxygen atoms in total. The lowest BCUT2D eigenvalue weighted by atomic mass is 10.2. The lowest BCUT2D eigenvalue weighted by Gasteiger charge is -2.22. The van der Waals surface area contributed by atoms with Gasteiger partial charge in [-0.1, -0.05) is 41.1 Å². The molecule has 0 radical (unpaired) electrons. The van der Waals surface area contributed by atoms with E-state index >= 15 is 0 Å². The van der Waals surface area contributed by atoms with E-state index in [4.69, 9.17) is 17.3 Å². The Balaban J connectivity index is 1.78. The molecule has 0 saturated carbocycles. The van der Waals surface area contributed by atoms with Gasteiger partial charge in [0.15, 0.2) is 4.34 Å². The van der Waals surface area contributed by atoms with Crippen LogP contribution in [0.2, 0.25) is 5.02 Å². The van der Waals surface area contributed by atoms with Crippen molar-refractivity contribution in [3.8, 4) is 0 Å². The molecule has 1 aliphatic rings. The molecular formula is C15H15ClN4O2S2. The second-order valence-electron chi connectivity index (χ2n) is 5.31. The highest BCUT2D eigenvalue weighted by molar-refractivity contribution is 8.02. The Morgan fingerprint density at radius 3 is 2.71 bits per heavy atom. The van der Waals surface area contributed by atoms with E-state index in [1.807, 2.05) is 0 Å². The first-order chi connectivity index (χ1) is 11.5. The summed E-state index contributed by atoms with van der Waals surface area (Å²) in [6, 6.07) is 6.56. The summed E-state index contributed by atoms with van der Waals surface area (Å²) in [7, 11) is 0. The van der Waals surface area contributed by atoms with Crippen LogP contribution >= 0.6 is 34.7 Å². The molecule has 2 N–H and O–H groups in total. The number of nitrogens with zero attached hydrogens (tertiary/aromatic N) is 3. The van der Waals surface area contributed by atoms with Crippen LogP contribution in [0.3, 0.4) is 0 Å². The summed E-state index contributed by atoms with van der Waals surface area (Å²) in [6.45, 7) is 0.426. The quantitative estimate of drug-likeness (QED) is 0.820. The van der Waals surface area contributed by atoms with E-state index in [1.54, 1.807) is 24.3 Å². The molecule has 1 aromatic carbocycles. The number of anilines is 1. The van der Waals surface area contributed by atoms with Crippen molar-refractivity contribution >= 4 is 51.6 Å². The molecule has 2 amide bonds. The number of thioether (sulfide) groups is 1. The first kappa shape index (κ1) is 17.2. The van der Waals surface area contributed by atoms with Gasteiger partial charge in [0.2, 0.25) is 11.0 Å². The van der Waals surface area contributed by atoms with E-state index in [9.17, 15) is 9.59 Å². The normalized spacial score (nSPS) is 18.5. The van der Waals surface area contributed by atoms with Gasteiger partial charge in [-0.15, -0.1) is 10.2 Å². The molecule has 0 unspecified atom stereocenters. The maximum absolute atomic E-state index is 12.8. The third-order valence-corrected chi connectivity index (χ3v) is 5.98. The molecule has 2 aromatic rings. The van der Waals surface area contributed by atoms with Crippen molar-refractivity contribution in [3.63, 3.8) is 0 Å². The van der Waals surface area contributed by atoms with Crippen molar-refractivity contribution in [1.82, 2.24) is 15.1 Å². The van der Waals surface area contributed by atoms with Crippen LogP contribution in [0.4, 0.5) is 5.13 Å². The highest BCUT2D eigenvalue weighted by atomic mass is 35.5. The van der Waals surface area contributed by atoms with E-state index in [0.717, 1.165) is 12.8 Å². The van der Waals surface area contributed by atoms with Gasteiger partial charge < -0.3 is 5.73 Å². The topological polar surface area (TPSA) is 89.2 Å². The summed E-state index contributed by atoms with van der Waals surface area (Å²) in [6.07, 6.45) is 2.37. The SMILES string of the molecule is Nc1nnc(S[C@@H]2CCCCN(C(=O)c3ccc(Cl)cc3)C2=O)s1. The molecular weight excluding hydrogens is 368 g/mol. The molecule has 1 saturated heterocycles. The third kappa shape index (κ3) is 3.88. The molecule has 1 fully saturated rings. The van der Waals surface area contributed by atoms with Crippen molar-refractivity contribution in [2.75, 3.05) is 12.3 Å². The maximum Gasteiger partial charge on any atom is 0.260 e. The number of halogens is 1. The zero-order valence-corrected chi connectivity index (χ0v) is 15.0. The average Bonchev–Trinajstić information content (AvgIpc) is 2.89. The van der Waals surface area contributed by atoms with Crippen molar-refractivity contribution in [1.29, 1.82) is 0 Å². The third-order valence-electron chi connectivity index (χ3n) is 3.64. The van der Waals surface area contributed by atoms with Gasteiger partial charge in [-0.2, -0.15) is 0 Å². The minimum atomic E-state index is -0.351. The average molecular weight is 383 g/mol. The Bertz CT molecular complexity index is 750. The van der Waals surface area contributed by atoms with Crippen LogP contribution in [-0.2, 0) is 4.79 Å². The summed E-state index contributed by atoms with van der Waals surface area (Å²) in [5.41, 5.74) is 6.04. The number of hydrogen-bond acceptors (Lipinski definition) is 7. The second-order valence-corrected chi connectivity index (χ2v) is 8.21. The summed E-state index contributed by atoms with van der Waals surface area (Å²) in [5.74, 6) is -0.479. The number of carbonyl (C=O) groups excluding carboxylic acids is 2. The predicted octanol–water partition coefficient (Wildman–Crippen LogP) is 3.09. The molecule has 1 aliphatic heterocycles. The standard InChI is InChI=1S/C15H15ClN4O2S2/c16-10-6-4-9(5-7-10)12(21)20-8-2-1-3-11(13(20)22)23-15-19-18-14(17)24-15/h4-7,11H,1-3,8H2,(H2,17,18)/t11-/m1/s1. The number of imide groups is 1. The minimum absolute atomic E-state index is 0.189. The molecule has 0 spiro atoms. The van der Waals surface area contributed by atoms with Gasteiger partial charge in [-0.05, 0) is 37.1 Å². The van der Waals surface area contributed by atoms with Crippen LogP contribution in [0.1, 0.15) is 29.6 Å². The zero-order chi connectivity index (χ0) is 17.1. The predicted molar refractivity (Wildman–Crippen MR) is 95.3 cm³/mol. The van der Waals surface area contributed by atoms with Gasteiger partial charge in [0, 0.05) is 17.1 Å². The number of hydrogen-bond donors (Lipinski definition) is 1. The van der Waals surface area contributed by atoms with Gasteiger partial charge in [0.25, 0.3) is 5.91 Å². The summed E-state index contributed by atoms with van der Waals surface area (Å²) in [5, 5.41) is 8.28. The van der Waals surface area contributed by atoms with E-state index in [2.05, 4.69) is 10.2 Å². The number of likely N-dealkylation sites (tertiary alicyclic amines) is 1. The van der Waals surface area contributed by atoms with Crippen LogP contribution in [0.15, 0.2) is 28.6 Å². The van der Waals surface area contributed by atoms with Crippen molar-refractivity contribution in [2.24, 2.45) is 0 Å². The number of amides is 2. The fraction of sp³-hybridized carbons (Fsp3) is 0.333. The van der Waals surface area contributed by atoms with E-state index < -0.39 is 0 Å². The van der Waals surface area contributed by atoms with Crippen molar-refractivity contribution in [2.45, 2.75) is 28.9 Å². The molecule has 9 heteroatoms. The number of rotatable bonds is 3. The lowest BCUT2D eigenvalue weighted by Crippen LogP contribution is -2.41. The van der Waals surface area contributed by atoms with Gasteiger partial charge in [0.1, 0.15) is 0 Å². The Kier molecular flexibility index (Phi) is 5.37. The summed E-state index contributed by atoms with van der Waals surface area (Å²) < 4.78 is 0.645. The highest BCUT2D eigenvalue weighted by Gasteiger charge is 2.32. The van der Waals surface area contributed by atoms with Gasteiger partial charge in [0.05, 0.1) is 5.25 Å².